The summed E-state index contributed by atoms with van der Waals surface area (Å²) in [4.78, 5) is 28.3. The molecule has 3 unspecified atom stereocenters. The second-order valence-corrected chi connectivity index (χ2v) is 9.07. The molecule has 1 heterocycles. The first-order valence-corrected chi connectivity index (χ1v) is 12.4. The molecule has 1 aliphatic rings. The first-order chi connectivity index (χ1) is 15.5. The average molecular weight is 456 g/mol. The zero-order chi connectivity index (χ0) is 22.9. The number of thioether (sulfide) groups is 1. The summed E-state index contributed by atoms with van der Waals surface area (Å²) in [6.45, 7) is 3.94. The Labute approximate surface area is 195 Å². The second kappa shape index (κ2) is 11.9. The third-order valence-electron chi connectivity index (χ3n) is 5.98. The number of rotatable bonds is 10. The Morgan fingerprint density at radius 3 is 2.59 bits per heavy atom. The van der Waals surface area contributed by atoms with Crippen molar-refractivity contribution in [3.63, 3.8) is 0 Å². The molecule has 3 atom stereocenters. The maximum absolute atomic E-state index is 13.1. The number of carbonyl (C=O) groups excluding carboxylic acids is 2. The molecule has 2 aromatic carbocycles. The van der Waals surface area contributed by atoms with E-state index in [9.17, 15) is 9.59 Å². The predicted molar refractivity (Wildman–Crippen MR) is 130 cm³/mol. The number of likely N-dealkylation sites (tertiary alicyclic amines) is 1. The van der Waals surface area contributed by atoms with Crippen LogP contribution in [-0.4, -0.2) is 61.0 Å². The van der Waals surface area contributed by atoms with Gasteiger partial charge in [0.1, 0.15) is 11.8 Å². The number of benzene rings is 2. The molecule has 0 radical (unpaired) electrons. The molecule has 1 saturated heterocycles. The van der Waals surface area contributed by atoms with Gasteiger partial charge in [0.25, 0.3) is 5.91 Å². The summed E-state index contributed by atoms with van der Waals surface area (Å²) in [5.74, 6) is 0.859. The number of methoxy groups -OCH3 is 1. The fraction of sp³-hybridized carbons (Fsp3) is 0.440. The summed E-state index contributed by atoms with van der Waals surface area (Å²) < 4.78 is 5.30. The Hall–Kier alpha value is -2.51. The Bertz CT molecular complexity index is 893. The van der Waals surface area contributed by atoms with E-state index in [-0.39, 0.29) is 17.9 Å². The lowest BCUT2D eigenvalue weighted by Crippen LogP contribution is -2.50. The molecular weight excluding hydrogens is 422 g/mol. The highest BCUT2D eigenvalue weighted by molar-refractivity contribution is 7.98. The first-order valence-electron chi connectivity index (χ1n) is 11.1. The quantitative estimate of drug-likeness (QED) is 0.574. The molecule has 1 aliphatic heterocycles. The number of hydrogen-bond acceptors (Lipinski definition) is 5. The van der Waals surface area contributed by atoms with Gasteiger partial charge in [0.15, 0.2) is 0 Å². The van der Waals surface area contributed by atoms with Crippen LogP contribution in [0.15, 0.2) is 54.6 Å². The van der Waals surface area contributed by atoms with E-state index in [4.69, 9.17) is 4.74 Å². The van der Waals surface area contributed by atoms with Crippen molar-refractivity contribution in [1.29, 1.82) is 0 Å². The Balaban J connectivity index is 1.60. The fourth-order valence-corrected chi connectivity index (χ4v) is 4.55. The molecule has 2 amide bonds. The summed E-state index contributed by atoms with van der Waals surface area (Å²) in [6.07, 6.45) is 3.47. The summed E-state index contributed by atoms with van der Waals surface area (Å²) in [5, 5.41) is 6.09. The minimum atomic E-state index is -0.583. The predicted octanol–water partition coefficient (Wildman–Crippen LogP) is 3.50. The lowest BCUT2D eigenvalue weighted by Gasteiger charge is -2.25. The normalized spacial score (nSPS) is 18.0. The van der Waals surface area contributed by atoms with Gasteiger partial charge in [-0.1, -0.05) is 42.5 Å². The van der Waals surface area contributed by atoms with E-state index < -0.39 is 6.04 Å². The highest BCUT2D eigenvalue weighted by Crippen LogP contribution is 2.24. The van der Waals surface area contributed by atoms with E-state index in [1.54, 1.807) is 30.0 Å². The van der Waals surface area contributed by atoms with Crippen LogP contribution >= 0.6 is 11.8 Å². The van der Waals surface area contributed by atoms with E-state index in [0.717, 1.165) is 25.3 Å². The van der Waals surface area contributed by atoms with Crippen molar-refractivity contribution in [1.82, 2.24) is 15.5 Å². The van der Waals surface area contributed by atoms with Crippen LogP contribution in [0.1, 0.15) is 41.7 Å². The maximum atomic E-state index is 13.1. The largest absolute Gasteiger partial charge is 0.496 e. The maximum Gasteiger partial charge on any atom is 0.255 e. The number of amides is 2. The van der Waals surface area contributed by atoms with Gasteiger partial charge < -0.3 is 15.4 Å². The van der Waals surface area contributed by atoms with Crippen LogP contribution in [0.4, 0.5) is 0 Å². The Kier molecular flexibility index (Phi) is 9.00. The van der Waals surface area contributed by atoms with Gasteiger partial charge in [0.2, 0.25) is 5.91 Å². The molecule has 7 heteroatoms. The van der Waals surface area contributed by atoms with Gasteiger partial charge >= 0.3 is 0 Å². The van der Waals surface area contributed by atoms with Crippen molar-refractivity contribution >= 4 is 23.6 Å². The molecule has 3 rings (SSSR count). The zero-order valence-electron chi connectivity index (χ0n) is 19.0. The lowest BCUT2D eigenvalue weighted by molar-refractivity contribution is -0.123. The number of nitrogens with one attached hydrogen (secondary N) is 2. The van der Waals surface area contributed by atoms with Gasteiger partial charge in [-0.2, -0.15) is 11.8 Å². The number of carbonyl (C=O) groups is 2. The van der Waals surface area contributed by atoms with E-state index in [2.05, 4.69) is 46.7 Å². The highest BCUT2D eigenvalue weighted by atomic mass is 32.2. The molecule has 0 spiro atoms. The number of ether oxygens (including phenoxy) is 1. The van der Waals surface area contributed by atoms with Crippen molar-refractivity contribution in [3.8, 4) is 5.75 Å². The SMILES string of the molecule is COc1ccccc1C(=O)NC(CCSC)C(=O)NC1CCN(C(C)c2ccccc2)C1. The van der Waals surface area contributed by atoms with Gasteiger partial charge in [-0.3, -0.25) is 14.5 Å². The summed E-state index contributed by atoms with van der Waals surface area (Å²) >= 11 is 1.66. The highest BCUT2D eigenvalue weighted by Gasteiger charge is 2.30. The summed E-state index contributed by atoms with van der Waals surface area (Å²) in [6, 6.07) is 17.3. The van der Waals surface area contributed by atoms with Crippen LogP contribution in [0.5, 0.6) is 5.75 Å². The molecule has 0 aliphatic carbocycles. The molecule has 172 valence electrons. The minimum absolute atomic E-state index is 0.0774. The van der Waals surface area contributed by atoms with Gasteiger partial charge in [0, 0.05) is 25.2 Å². The van der Waals surface area contributed by atoms with Gasteiger partial charge in [-0.15, -0.1) is 0 Å². The van der Waals surface area contributed by atoms with Gasteiger partial charge in [-0.05, 0) is 49.5 Å². The standard InChI is InChI=1S/C25H33N3O3S/c1-18(19-9-5-4-6-10-19)28-15-13-20(17-28)26-25(30)22(14-16-32-3)27-24(29)21-11-7-8-12-23(21)31-2/h4-12,18,20,22H,13-17H2,1-3H3,(H,26,30)(H,27,29). The molecule has 0 bridgehead atoms. The van der Waals surface area contributed by atoms with E-state index in [0.29, 0.717) is 23.8 Å². The monoisotopic (exact) mass is 455 g/mol. The summed E-state index contributed by atoms with van der Waals surface area (Å²) in [5.41, 5.74) is 1.71. The van der Waals surface area contributed by atoms with Crippen LogP contribution in [0.25, 0.3) is 0 Å². The van der Waals surface area contributed by atoms with Gasteiger partial charge in [-0.25, -0.2) is 0 Å². The zero-order valence-corrected chi connectivity index (χ0v) is 19.9. The molecule has 32 heavy (non-hydrogen) atoms. The topological polar surface area (TPSA) is 70.7 Å². The average Bonchev–Trinajstić information content (AvgIpc) is 3.29. The number of para-hydroxylation sites is 1. The van der Waals surface area contributed by atoms with Crippen molar-refractivity contribution in [2.75, 3.05) is 32.2 Å². The van der Waals surface area contributed by atoms with E-state index >= 15 is 0 Å². The fourth-order valence-electron chi connectivity index (χ4n) is 4.07. The molecule has 6 nitrogen and oxygen atoms in total. The van der Waals surface area contributed by atoms with Crippen molar-refractivity contribution < 1.29 is 14.3 Å². The van der Waals surface area contributed by atoms with E-state index in [1.165, 1.54) is 12.7 Å². The lowest BCUT2D eigenvalue weighted by atomic mass is 10.1. The molecule has 0 aromatic heterocycles. The molecular formula is C25H33N3O3S. The van der Waals surface area contributed by atoms with Crippen LogP contribution in [0, 0.1) is 0 Å². The Morgan fingerprint density at radius 1 is 1.16 bits per heavy atom. The van der Waals surface area contributed by atoms with E-state index in [1.807, 2.05) is 18.4 Å². The third-order valence-corrected chi connectivity index (χ3v) is 6.62. The van der Waals surface area contributed by atoms with Crippen molar-refractivity contribution in [2.45, 2.75) is 37.9 Å². The molecule has 2 N–H and O–H groups in total. The van der Waals surface area contributed by atoms with Crippen LogP contribution < -0.4 is 15.4 Å². The van der Waals surface area contributed by atoms with Crippen LogP contribution in [0.3, 0.4) is 0 Å². The van der Waals surface area contributed by atoms with Crippen LogP contribution in [-0.2, 0) is 4.79 Å². The van der Waals surface area contributed by atoms with Crippen LogP contribution in [0.2, 0.25) is 0 Å². The molecule has 1 fully saturated rings. The number of hydrogen-bond donors (Lipinski definition) is 2. The molecule has 2 aromatic rings. The Morgan fingerprint density at radius 2 is 1.88 bits per heavy atom. The number of nitrogens with zero attached hydrogens (tertiary/aromatic N) is 1. The molecule has 0 saturated carbocycles. The third kappa shape index (κ3) is 6.26. The van der Waals surface area contributed by atoms with Crippen molar-refractivity contribution in [3.05, 3.63) is 65.7 Å². The van der Waals surface area contributed by atoms with Crippen molar-refractivity contribution in [2.24, 2.45) is 0 Å². The van der Waals surface area contributed by atoms with Gasteiger partial charge in [0.05, 0.1) is 12.7 Å². The smallest absolute Gasteiger partial charge is 0.255 e. The second-order valence-electron chi connectivity index (χ2n) is 8.08. The minimum Gasteiger partial charge on any atom is -0.496 e. The summed E-state index contributed by atoms with van der Waals surface area (Å²) in [7, 11) is 1.53. The first kappa shape index (κ1) is 24.1.